The highest BCUT2D eigenvalue weighted by atomic mass is 79.9. The van der Waals surface area contributed by atoms with Crippen molar-refractivity contribution in [1.82, 2.24) is 0 Å². The lowest BCUT2D eigenvalue weighted by Gasteiger charge is -2.27. The van der Waals surface area contributed by atoms with Crippen LogP contribution < -0.4 is 10.1 Å². The number of halogens is 1. The molecule has 10 heteroatoms. The number of ether oxygens (including phenoxy) is 4. The van der Waals surface area contributed by atoms with E-state index in [4.69, 9.17) is 24.1 Å². The van der Waals surface area contributed by atoms with Gasteiger partial charge in [0.25, 0.3) is 0 Å². The number of carbonyl (C=O) groups is 2. The molecule has 2 aromatic rings. The Hall–Kier alpha value is -2.27. The van der Waals surface area contributed by atoms with Gasteiger partial charge in [-0.05, 0) is 48.9 Å². The first-order valence-corrected chi connectivity index (χ1v) is 11.8. The number of aliphatic hydroxyl groups excluding tert-OH is 1. The van der Waals surface area contributed by atoms with Crippen LogP contribution in [0.5, 0.6) is 5.75 Å². The number of thiol groups is 1. The van der Waals surface area contributed by atoms with Gasteiger partial charge in [-0.15, -0.1) is 0 Å². The minimum Gasteiger partial charge on any atom is -0.491 e. The largest absolute Gasteiger partial charge is 0.491 e. The van der Waals surface area contributed by atoms with Gasteiger partial charge in [0.15, 0.2) is 6.10 Å². The molecule has 1 amide bonds. The average Bonchev–Trinajstić information content (AvgIpc) is 2.82. The monoisotopic (exact) mass is 541 g/mol. The van der Waals surface area contributed by atoms with Gasteiger partial charge in [-0.2, -0.15) is 12.6 Å². The summed E-state index contributed by atoms with van der Waals surface area (Å²) in [6.07, 6.45) is -1.77. The molecule has 0 bridgehead atoms. The van der Waals surface area contributed by atoms with Gasteiger partial charge in [-0.25, -0.2) is 4.79 Å². The summed E-state index contributed by atoms with van der Waals surface area (Å²) in [6.45, 7) is 2.27. The van der Waals surface area contributed by atoms with E-state index in [2.05, 4.69) is 33.9 Å². The van der Waals surface area contributed by atoms with Gasteiger partial charge in [0, 0.05) is 23.2 Å². The molecular formula is C23H28BrNO7S. The Labute approximate surface area is 207 Å². The number of carbonyl (C=O) groups excluding carboxylic acids is 2. The van der Waals surface area contributed by atoms with Crippen molar-refractivity contribution in [2.24, 2.45) is 0 Å². The number of benzene rings is 2. The van der Waals surface area contributed by atoms with Gasteiger partial charge in [0.1, 0.15) is 18.5 Å². The minimum atomic E-state index is -0.812. The molecule has 0 heterocycles. The third-order valence-corrected chi connectivity index (χ3v) is 5.17. The lowest BCUT2D eigenvalue weighted by atomic mass is 10.0. The molecule has 2 rings (SSSR count). The predicted molar refractivity (Wildman–Crippen MR) is 131 cm³/mol. The molecule has 2 atom stereocenters. The van der Waals surface area contributed by atoms with Gasteiger partial charge >= 0.3 is 12.1 Å². The molecule has 0 unspecified atom stereocenters. The van der Waals surface area contributed by atoms with E-state index in [1.807, 2.05) is 6.92 Å². The highest BCUT2D eigenvalue weighted by Crippen LogP contribution is 2.29. The minimum absolute atomic E-state index is 0.0287. The number of nitrogens with one attached hydrogen (secondary N) is 1. The maximum absolute atomic E-state index is 12.7. The van der Waals surface area contributed by atoms with E-state index in [1.54, 1.807) is 48.5 Å². The Bertz CT molecular complexity index is 881. The summed E-state index contributed by atoms with van der Waals surface area (Å²) in [5.74, 6) is 0.0395. The zero-order valence-corrected chi connectivity index (χ0v) is 20.7. The van der Waals surface area contributed by atoms with E-state index in [0.29, 0.717) is 30.0 Å². The lowest BCUT2D eigenvalue weighted by Crippen LogP contribution is -2.30. The number of aliphatic hydroxyl groups is 1. The van der Waals surface area contributed by atoms with E-state index in [9.17, 15) is 9.59 Å². The SMILES string of the molecule is CCO[C@@H](CCOC(=O)CS)[C@@H](OC(=O)Nc1ccc(Br)cc1)c1cccc(OCCO)c1. The highest BCUT2D eigenvalue weighted by molar-refractivity contribution is 9.10. The summed E-state index contributed by atoms with van der Waals surface area (Å²) in [5, 5.41) is 11.7. The van der Waals surface area contributed by atoms with Gasteiger partial charge in [0.2, 0.25) is 0 Å². The summed E-state index contributed by atoms with van der Waals surface area (Å²) >= 11 is 7.25. The Morgan fingerprint density at radius 2 is 1.91 bits per heavy atom. The van der Waals surface area contributed by atoms with Crippen molar-refractivity contribution in [1.29, 1.82) is 0 Å². The second kappa shape index (κ2) is 14.8. The van der Waals surface area contributed by atoms with Gasteiger partial charge in [0.05, 0.1) is 19.0 Å². The predicted octanol–water partition coefficient (Wildman–Crippen LogP) is 4.38. The molecule has 2 aromatic carbocycles. The van der Waals surface area contributed by atoms with Crippen molar-refractivity contribution in [3.63, 3.8) is 0 Å². The molecule has 0 saturated carbocycles. The maximum atomic E-state index is 12.7. The molecule has 8 nitrogen and oxygen atoms in total. The van der Waals surface area contributed by atoms with Crippen molar-refractivity contribution >= 4 is 46.3 Å². The number of rotatable bonds is 13. The first-order chi connectivity index (χ1) is 16.0. The molecule has 0 saturated heterocycles. The van der Waals surface area contributed by atoms with Gasteiger partial charge in [-0.1, -0.05) is 28.1 Å². The fourth-order valence-electron chi connectivity index (χ4n) is 2.97. The van der Waals surface area contributed by atoms with Crippen LogP contribution in [0.2, 0.25) is 0 Å². The third-order valence-electron chi connectivity index (χ3n) is 4.38. The fraction of sp³-hybridized carbons (Fsp3) is 0.391. The zero-order valence-electron chi connectivity index (χ0n) is 18.2. The smallest absolute Gasteiger partial charge is 0.412 e. The van der Waals surface area contributed by atoms with E-state index in [1.165, 1.54) is 0 Å². The number of esters is 1. The van der Waals surface area contributed by atoms with E-state index in [0.717, 1.165) is 4.47 Å². The third kappa shape index (κ3) is 9.63. The zero-order chi connectivity index (χ0) is 24.1. The van der Waals surface area contributed by atoms with Crippen LogP contribution in [-0.2, 0) is 19.0 Å². The van der Waals surface area contributed by atoms with Crippen LogP contribution in [0.1, 0.15) is 25.0 Å². The standard InChI is InChI=1S/C23H28BrNO7S/c1-2-29-20(10-12-31-21(27)15-33)22(16-4-3-5-19(14-16)30-13-11-26)32-23(28)25-18-8-6-17(24)7-9-18/h3-9,14,20,22,26,33H,2,10-13,15H2,1H3,(H,25,28)/t20-,22-/m0/s1. The Balaban J connectivity index is 2.23. The van der Waals surface area contributed by atoms with Crippen LogP contribution in [0.3, 0.4) is 0 Å². The first-order valence-electron chi connectivity index (χ1n) is 10.4. The molecule has 0 spiro atoms. The van der Waals surface area contributed by atoms with Crippen LogP contribution >= 0.6 is 28.6 Å². The summed E-state index contributed by atoms with van der Waals surface area (Å²) in [5.41, 5.74) is 1.20. The molecule has 0 aliphatic carbocycles. The molecule has 0 fully saturated rings. The van der Waals surface area contributed by atoms with Crippen molar-refractivity contribution in [3.8, 4) is 5.75 Å². The number of amides is 1. The van der Waals surface area contributed by atoms with Crippen molar-refractivity contribution in [2.45, 2.75) is 25.6 Å². The molecule has 33 heavy (non-hydrogen) atoms. The van der Waals surface area contributed by atoms with Gasteiger partial charge in [-0.3, -0.25) is 10.1 Å². The first kappa shape index (κ1) is 27.0. The molecular weight excluding hydrogens is 514 g/mol. The molecule has 0 aromatic heterocycles. The number of hydrogen-bond acceptors (Lipinski definition) is 8. The Morgan fingerprint density at radius 1 is 1.15 bits per heavy atom. The topological polar surface area (TPSA) is 103 Å². The van der Waals surface area contributed by atoms with Crippen molar-refractivity contribution in [2.75, 3.05) is 37.5 Å². The second-order valence-corrected chi connectivity index (χ2v) is 8.00. The fourth-order valence-corrected chi connectivity index (χ4v) is 3.33. The Morgan fingerprint density at radius 3 is 2.58 bits per heavy atom. The number of anilines is 1. The van der Waals surface area contributed by atoms with E-state index in [-0.39, 0.29) is 25.6 Å². The molecule has 2 N–H and O–H groups in total. The van der Waals surface area contributed by atoms with E-state index >= 15 is 0 Å². The maximum Gasteiger partial charge on any atom is 0.412 e. The second-order valence-electron chi connectivity index (χ2n) is 6.76. The molecule has 0 radical (unpaired) electrons. The lowest BCUT2D eigenvalue weighted by molar-refractivity contribution is -0.142. The van der Waals surface area contributed by atoms with Gasteiger partial charge < -0.3 is 24.1 Å². The quantitative estimate of drug-likeness (QED) is 0.255. The highest BCUT2D eigenvalue weighted by Gasteiger charge is 2.28. The summed E-state index contributed by atoms with van der Waals surface area (Å²) in [7, 11) is 0. The number of hydrogen-bond donors (Lipinski definition) is 3. The average molecular weight is 542 g/mol. The summed E-state index contributed by atoms with van der Waals surface area (Å²) < 4.78 is 23.2. The van der Waals surface area contributed by atoms with Crippen LogP contribution in [0.15, 0.2) is 53.0 Å². The Kier molecular flexibility index (Phi) is 12.1. The van der Waals surface area contributed by atoms with Crippen molar-refractivity contribution in [3.05, 3.63) is 58.6 Å². The van der Waals surface area contributed by atoms with Crippen LogP contribution in [-0.4, -0.2) is 55.5 Å². The molecule has 180 valence electrons. The summed E-state index contributed by atoms with van der Waals surface area (Å²) in [6, 6.07) is 14.1. The van der Waals surface area contributed by atoms with Crippen LogP contribution in [0, 0.1) is 0 Å². The van der Waals surface area contributed by atoms with Crippen molar-refractivity contribution < 1.29 is 33.6 Å². The summed E-state index contributed by atoms with van der Waals surface area (Å²) in [4.78, 5) is 24.2. The van der Waals surface area contributed by atoms with Crippen LogP contribution in [0.25, 0.3) is 0 Å². The molecule has 0 aliphatic heterocycles. The normalized spacial score (nSPS) is 12.5. The van der Waals surface area contributed by atoms with Crippen LogP contribution in [0.4, 0.5) is 10.5 Å². The molecule has 0 aliphatic rings. The van der Waals surface area contributed by atoms with E-state index < -0.39 is 24.3 Å².